The highest BCUT2D eigenvalue weighted by Crippen LogP contribution is 2.30. The monoisotopic (exact) mass is 390 g/mol. The Kier molecular flexibility index (Phi) is 5.42. The molecule has 11 heteroatoms. The van der Waals surface area contributed by atoms with E-state index >= 15 is 0 Å². The molecule has 142 valence electrons. The number of rotatable bonds is 5. The van der Waals surface area contributed by atoms with Gasteiger partial charge in [-0.1, -0.05) is 18.2 Å². The van der Waals surface area contributed by atoms with Gasteiger partial charge in [0.1, 0.15) is 0 Å². The zero-order valence-corrected chi connectivity index (χ0v) is 15.0. The van der Waals surface area contributed by atoms with Gasteiger partial charge in [-0.15, -0.1) is 0 Å². The lowest BCUT2D eigenvalue weighted by molar-refractivity contribution is -0.141. The average Bonchev–Trinajstić information content (AvgIpc) is 2.95. The lowest BCUT2D eigenvalue weighted by Crippen LogP contribution is -2.28. The zero-order valence-electron chi connectivity index (χ0n) is 14.2. The molecule has 0 bridgehead atoms. The van der Waals surface area contributed by atoms with Crippen molar-refractivity contribution in [1.29, 1.82) is 0 Å². The smallest absolute Gasteiger partial charge is 0.348 e. The van der Waals surface area contributed by atoms with Crippen LogP contribution in [0.25, 0.3) is 0 Å². The molecule has 0 saturated heterocycles. The first-order valence-corrected chi connectivity index (χ1v) is 8.78. The highest BCUT2D eigenvalue weighted by molar-refractivity contribution is 7.89. The number of nitrogens with one attached hydrogen (secondary N) is 1. The van der Waals surface area contributed by atoms with E-state index in [-0.39, 0.29) is 17.0 Å². The molecule has 0 aliphatic carbocycles. The number of aromatic nitrogens is 2. The van der Waals surface area contributed by atoms with E-state index in [0.717, 1.165) is 15.2 Å². The Labute approximate surface area is 148 Å². The maximum atomic E-state index is 13.0. The summed E-state index contributed by atoms with van der Waals surface area (Å²) in [6.07, 6.45) is -3.82. The van der Waals surface area contributed by atoms with Crippen LogP contribution in [0.15, 0.2) is 35.4 Å². The van der Waals surface area contributed by atoms with Crippen LogP contribution >= 0.6 is 0 Å². The van der Waals surface area contributed by atoms with Crippen molar-refractivity contribution in [3.05, 3.63) is 47.3 Å². The summed E-state index contributed by atoms with van der Waals surface area (Å²) >= 11 is 0. The van der Waals surface area contributed by atoms with Crippen molar-refractivity contribution < 1.29 is 26.4 Å². The summed E-state index contributed by atoms with van der Waals surface area (Å²) in [6, 6.07) is 5.93. The molecular formula is C15H17F3N4O3S. The number of halogens is 3. The third-order valence-electron chi connectivity index (χ3n) is 3.51. The summed E-state index contributed by atoms with van der Waals surface area (Å²) in [4.78, 5) is 12.1. The Morgan fingerprint density at radius 3 is 2.46 bits per heavy atom. The quantitative estimate of drug-likeness (QED) is 0.841. The molecule has 7 nitrogen and oxygen atoms in total. The Hall–Kier alpha value is -2.40. The molecule has 1 aromatic carbocycles. The van der Waals surface area contributed by atoms with Crippen LogP contribution in [0.2, 0.25) is 0 Å². The Bertz CT molecular complexity index is 920. The lowest BCUT2D eigenvalue weighted by atomic mass is 10.2. The number of amides is 1. The van der Waals surface area contributed by atoms with Crippen LogP contribution in [0.1, 0.15) is 21.6 Å². The van der Waals surface area contributed by atoms with Crippen molar-refractivity contribution in [2.45, 2.75) is 17.6 Å². The fraction of sp³-hybridized carbons (Fsp3) is 0.333. The number of sulfonamides is 1. The van der Waals surface area contributed by atoms with Crippen LogP contribution in [0, 0.1) is 0 Å². The minimum atomic E-state index is -4.78. The number of hydrogen-bond donors (Lipinski definition) is 1. The second-order valence-electron chi connectivity index (χ2n) is 5.64. The van der Waals surface area contributed by atoms with Gasteiger partial charge in [-0.3, -0.25) is 9.48 Å². The van der Waals surface area contributed by atoms with E-state index in [2.05, 4.69) is 10.4 Å². The minimum absolute atomic E-state index is 0.0347. The number of aryl methyl sites for hydroxylation is 1. The van der Waals surface area contributed by atoms with Crippen LogP contribution in [0.3, 0.4) is 0 Å². The van der Waals surface area contributed by atoms with Crippen molar-refractivity contribution in [2.75, 3.05) is 14.1 Å². The number of benzene rings is 1. The van der Waals surface area contributed by atoms with E-state index < -0.39 is 33.4 Å². The first-order chi connectivity index (χ1) is 11.9. The molecule has 1 amide bonds. The minimum Gasteiger partial charge on any atom is -0.348 e. The largest absolute Gasteiger partial charge is 0.435 e. The van der Waals surface area contributed by atoms with Crippen molar-refractivity contribution in [1.82, 2.24) is 19.4 Å². The summed E-state index contributed by atoms with van der Waals surface area (Å²) in [5.41, 5.74) is -1.67. The van der Waals surface area contributed by atoms with Gasteiger partial charge in [0.05, 0.1) is 10.5 Å². The van der Waals surface area contributed by atoms with Crippen LogP contribution in [0.5, 0.6) is 0 Å². The van der Waals surface area contributed by atoms with Gasteiger partial charge in [0.25, 0.3) is 5.91 Å². The van der Waals surface area contributed by atoms with Crippen molar-refractivity contribution >= 4 is 15.9 Å². The van der Waals surface area contributed by atoms with Gasteiger partial charge >= 0.3 is 6.18 Å². The first-order valence-electron chi connectivity index (χ1n) is 7.34. The average molecular weight is 390 g/mol. The van der Waals surface area contributed by atoms with E-state index in [1.165, 1.54) is 39.3 Å². The van der Waals surface area contributed by atoms with Crippen LogP contribution in [-0.4, -0.2) is 42.5 Å². The van der Waals surface area contributed by atoms with Gasteiger partial charge in [0.15, 0.2) is 5.69 Å². The zero-order chi connectivity index (χ0) is 19.7. The number of carbonyl (C=O) groups is 1. The second-order valence-corrected chi connectivity index (χ2v) is 7.76. The number of hydrogen-bond acceptors (Lipinski definition) is 4. The van der Waals surface area contributed by atoms with Crippen molar-refractivity contribution in [3.63, 3.8) is 0 Å². The fourth-order valence-corrected chi connectivity index (χ4v) is 3.35. The molecule has 0 saturated carbocycles. The van der Waals surface area contributed by atoms with Gasteiger partial charge < -0.3 is 5.32 Å². The van der Waals surface area contributed by atoms with Gasteiger partial charge in [-0.25, -0.2) is 12.7 Å². The van der Waals surface area contributed by atoms with Gasteiger partial charge in [0.2, 0.25) is 10.0 Å². The lowest BCUT2D eigenvalue weighted by Gasteiger charge is -2.15. The molecule has 2 aromatic rings. The van der Waals surface area contributed by atoms with Crippen LogP contribution in [-0.2, 0) is 29.8 Å². The third kappa shape index (κ3) is 4.05. The highest BCUT2D eigenvalue weighted by atomic mass is 32.2. The maximum Gasteiger partial charge on any atom is 0.435 e. The fourth-order valence-electron chi connectivity index (χ4n) is 2.23. The van der Waals surface area contributed by atoms with Crippen molar-refractivity contribution in [3.8, 4) is 0 Å². The summed E-state index contributed by atoms with van der Waals surface area (Å²) < 4.78 is 65.4. The topological polar surface area (TPSA) is 84.3 Å². The predicted molar refractivity (Wildman–Crippen MR) is 86.7 cm³/mol. The summed E-state index contributed by atoms with van der Waals surface area (Å²) in [7, 11) is 0.221. The molecule has 0 fully saturated rings. The summed E-state index contributed by atoms with van der Waals surface area (Å²) in [5, 5.41) is 5.58. The Morgan fingerprint density at radius 2 is 1.88 bits per heavy atom. The summed E-state index contributed by atoms with van der Waals surface area (Å²) in [5.74, 6) is -0.998. The number of nitrogens with zero attached hydrogens (tertiary/aromatic N) is 3. The molecular weight excluding hydrogens is 373 g/mol. The highest BCUT2D eigenvalue weighted by Gasteiger charge is 2.39. The van der Waals surface area contributed by atoms with Crippen LogP contribution < -0.4 is 5.32 Å². The molecule has 0 aliphatic rings. The molecule has 1 N–H and O–H groups in total. The van der Waals surface area contributed by atoms with Crippen LogP contribution in [0.4, 0.5) is 13.2 Å². The van der Waals surface area contributed by atoms with Gasteiger partial charge in [-0.05, 0) is 11.6 Å². The van der Waals surface area contributed by atoms with E-state index in [0.29, 0.717) is 0 Å². The van der Waals surface area contributed by atoms with E-state index in [4.69, 9.17) is 0 Å². The molecule has 1 heterocycles. The van der Waals surface area contributed by atoms with Crippen molar-refractivity contribution in [2.24, 2.45) is 7.05 Å². The predicted octanol–water partition coefficient (Wildman–Crippen LogP) is 1.62. The van der Waals surface area contributed by atoms with E-state index in [1.807, 2.05) is 0 Å². The second kappa shape index (κ2) is 7.08. The van der Waals surface area contributed by atoms with E-state index in [9.17, 15) is 26.4 Å². The molecule has 0 spiro atoms. The third-order valence-corrected chi connectivity index (χ3v) is 5.43. The Morgan fingerprint density at radius 1 is 1.27 bits per heavy atom. The molecule has 1 aromatic heterocycles. The Balaban J connectivity index is 2.28. The number of carbonyl (C=O) groups excluding carboxylic acids is 1. The van der Waals surface area contributed by atoms with Gasteiger partial charge in [-0.2, -0.15) is 18.3 Å². The first kappa shape index (κ1) is 19.9. The molecule has 2 rings (SSSR count). The number of alkyl halides is 3. The normalized spacial score (nSPS) is 12.4. The molecule has 0 unspecified atom stereocenters. The maximum absolute atomic E-state index is 13.0. The van der Waals surface area contributed by atoms with Gasteiger partial charge in [0, 0.05) is 33.9 Å². The molecule has 0 radical (unpaired) electrons. The SMILES string of the molecule is CN(C)S(=O)(=O)c1ccccc1CNC(=O)c1cn(C)nc1C(F)(F)F. The standard InChI is InChI=1S/C15H17F3N4O3S/c1-21(2)26(24,25)12-7-5-4-6-10(12)8-19-14(23)11-9-22(3)20-13(11)15(16,17)18/h4-7,9H,8H2,1-3H3,(H,19,23). The van der Waals surface area contributed by atoms with E-state index in [1.54, 1.807) is 6.07 Å². The summed E-state index contributed by atoms with van der Waals surface area (Å²) in [6.45, 7) is -0.256. The molecule has 0 aliphatic heterocycles. The molecule has 0 atom stereocenters. The molecule has 26 heavy (non-hydrogen) atoms.